The minimum Gasteiger partial charge on any atom is -0.390 e. The predicted molar refractivity (Wildman–Crippen MR) is 43.8 cm³/mol. The van der Waals surface area contributed by atoms with E-state index in [1.807, 2.05) is 0 Å². The second-order valence-corrected chi connectivity index (χ2v) is 2.76. The number of nitrogens with zero attached hydrogens (tertiary/aromatic N) is 7. The van der Waals surface area contributed by atoms with Gasteiger partial charge in [-0.25, -0.2) is 4.68 Å². The van der Waals surface area contributed by atoms with Crippen molar-refractivity contribution in [3.63, 3.8) is 0 Å². The first kappa shape index (κ1) is 8.75. The second-order valence-electron chi connectivity index (χ2n) is 2.76. The van der Waals surface area contributed by atoms with E-state index in [4.69, 9.17) is 5.11 Å². The number of tetrazole rings is 1. The summed E-state index contributed by atoms with van der Waals surface area (Å²) in [6.07, 6.45) is 1.64. The van der Waals surface area contributed by atoms with Gasteiger partial charge in [-0.05, 0) is 5.21 Å². The third kappa shape index (κ3) is 1.74. The van der Waals surface area contributed by atoms with E-state index in [2.05, 4.69) is 25.7 Å². The standard InChI is InChI=1S/C6H9N7O/c1-12-9-6(8-10-12)3-13-2-5(4-14)7-11-13/h2,14H,3-4H2,1H3. The molecule has 0 bridgehead atoms. The summed E-state index contributed by atoms with van der Waals surface area (Å²) in [6, 6.07) is 0. The number of aromatic nitrogens is 7. The van der Waals surface area contributed by atoms with Crippen LogP contribution in [0.4, 0.5) is 0 Å². The fourth-order valence-corrected chi connectivity index (χ4v) is 1.02. The van der Waals surface area contributed by atoms with Crippen molar-refractivity contribution in [2.45, 2.75) is 13.2 Å². The first-order valence-electron chi connectivity index (χ1n) is 4.00. The van der Waals surface area contributed by atoms with Crippen LogP contribution in [0.25, 0.3) is 0 Å². The molecule has 0 amide bonds. The summed E-state index contributed by atoms with van der Waals surface area (Å²) in [5.41, 5.74) is 0.522. The Balaban J connectivity index is 2.10. The van der Waals surface area contributed by atoms with Gasteiger partial charge < -0.3 is 5.11 Å². The van der Waals surface area contributed by atoms with Crippen LogP contribution >= 0.6 is 0 Å². The molecule has 2 aromatic heterocycles. The molecule has 0 aliphatic heterocycles. The monoisotopic (exact) mass is 195 g/mol. The van der Waals surface area contributed by atoms with Gasteiger partial charge in [-0.1, -0.05) is 5.21 Å². The summed E-state index contributed by atoms with van der Waals surface area (Å²) in [5, 5.41) is 27.7. The molecule has 0 fully saturated rings. The topological polar surface area (TPSA) is 94.5 Å². The zero-order chi connectivity index (χ0) is 9.97. The third-order valence-corrected chi connectivity index (χ3v) is 1.60. The highest BCUT2D eigenvalue weighted by atomic mass is 16.3. The van der Waals surface area contributed by atoms with E-state index >= 15 is 0 Å². The third-order valence-electron chi connectivity index (χ3n) is 1.60. The van der Waals surface area contributed by atoms with Gasteiger partial charge in [0.15, 0.2) is 5.82 Å². The highest BCUT2D eigenvalue weighted by Crippen LogP contribution is 1.95. The minimum absolute atomic E-state index is 0.117. The molecule has 0 aliphatic rings. The maximum atomic E-state index is 8.76. The molecule has 0 atom stereocenters. The summed E-state index contributed by atoms with van der Waals surface area (Å²) in [4.78, 5) is 1.37. The van der Waals surface area contributed by atoms with Crippen molar-refractivity contribution in [1.29, 1.82) is 0 Å². The highest BCUT2D eigenvalue weighted by Gasteiger charge is 2.04. The molecule has 8 heteroatoms. The number of aliphatic hydroxyl groups excluding tert-OH is 1. The van der Waals surface area contributed by atoms with Gasteiger partial charge in [-0.15, -0.1) is 15.3 Å². The number of rotatable bonds is 3. The summed E-state index contributed by atoms with van der Waals surface area (Å²) >= 11 is 0. The van der Waals surface area contributed by atoms with Crippen molar-refractivity contribution in [2.75, 3.05) is 0 Å². The van der Waals surface area contributed by atoms with E-state index in [9.17, 15) is 0 Å². The molecule has 0 saturated carbocycles. The Kier molecular flexibility index (Phi) is 2.19. The van der Waals surface area contributed by atoms with Crippen molar-refractivity contribution < 1.29 is 5.11 Å². The molecule has 0 radical (unpaired) electrons. The van der Waals surface area contributed by atoms with Crippen LogP contribution in [0.1, 0.15) is 11.5 Å². The largest absolute Gasteiger partial charge is 0.390 e. The first-order chi connectivity index (χ1) is 6.78. The Hall–Kier alpha value is -1.83. The maximum Gasteiger partial charge on any atom is 0.196 e. The smallest absolute Gasteiger partial charge is 0.196 e. The summed E-state index contributed by atoms with van der Waals surface area (Å²) in [6.45, 7) is 0.286. The van der Waals surface area contributed by atoms with Crippen LogP contribution in [0, 0.1) is 0 Å². The van der Waals surface area contributed by atoms with Crippen LogP contribution in [-0.4, -0.2) is 40.3 Å². The molecule has 0 aliphatic carbocycles. The summed E-state index contributed by atoms with van der Waals surface area (Å²) in [5.74, 6) is 0.557. The number of hydrogen-bond acceptors (Lipinski definition) is 6. The first-order valence-corrected chi connectivity index (χ1v) is 4.00. The van der Waals surface area contributed by atoms with E-state index < -0.39 is 0 Å². The fourth-order valence-electron chi connectivity index (χ4n) is 1.02. The molecule has 2 heterocycles. The molecule has 2 rings (SSSR count). The number of hydrogen-bond donors (Lipinski definition) is 1. The summed E-state index contributed by atoms with van der Waals surface area (Å²) < 4.78 is 1.54. The average molecular weight is 195 g/mol. The molecule has 8 nitrogen and oxygen atoms in total. The quantitative estimate of drug-likeness (QED) is 0.630. The fraction of sp³-hybridized carbons (Fsp3) is 0.500. The van der Waals surface area contributed by atoms with Gasteiger partial charge in [0.1, 0.15) is 12.2 Å². The van der Waals surface area contributed by atoms with E-state index in [1.165, 1.54) is 4.80 Å². The Bertz CT molecular complexity index is 419. The van der Waals surface area contributed by atoms with Gasteiger partial charge in [0.25, 0.3) is 0 Å². The van der Waals surface area contributed by atoms with Gasteiger partial charge in [0.2, 0.25) is 0 Å². The SMILES string of the molecule is Cn1nnc(Cn2cc(CO)nn2)n1. The van der Waals surface area contributed by atoms with E-state index in [-0.39, 0.29) is 6.61 Å². The Morgan fingerprint density at radius 2 is 2.21 bits per heavy atom. The van der Waals surface area contributed by atoms with Crippen LogP contribution in [0.15, 0.2) is 6.20 Å². The van der Waals surface area contributed by atoms with Crippen molar-refractivity contribution >= 4 is 0 Å². The lowest BCUT2D eigenvalue weighted by atomic mass is 10.5. The lowest BCUT2D eigenvalue weighted by Crippen LogP contribution is -2.03. The molecule has 0 unspecified atom stereocenters. The van der Waals surface area contributed by atoms with E-state index in [0.717, 1.165) is 0 Å². The van der Waals surface area contributed by atoms with Gasteiger partial charge in [0.05, 0.1) is 19.9 Å². The molecule has 14 heavy (non-hydrogen) atoms. The van der Waals surface area contributed by atoms with Crippen LogP contribution < -0.4 is 0 Å². The maximum absolute atomic E-state index is 8.76. The lowest BCUT2D eigenvalue weighted by molar-refractivity contribution is 0.276. The number of aliphatic hydroxyl groups is 1. The predicted octanol–water partition coefficient (Wildman–Crippen LogP) is -1.66. The molecule has 74 valence electrons. The average Bonchev–Trinajstić information content (AvgIpc) is 2.76. The Morgan fingerprint density at radius 1 is 1.36 bits per heavy atom. The second kappa shape index (κ2) is 3.50. The lowest BCUT2D eigenvalue weighted by Gasteiger charge is -1.91. The molecule has 2 aromatic rings. The van der Waals surface area contributed by atoms with Crippen LogP contribution in [-0.2, 0) is 20.2 Å². The zero-order valence-corrected chi connectivity index (χ0v) is 7.57. The Labute approximate surface area is 79.2 Å². The van der Waals surface area contributed by atoms with Crippen LogP contribution in [0.5, 0.6) is 0 Å². The normalized spacial score (nSPS) is 10.7. The van der Waals surface area contributed by atoms with Gasteiger partial charge in [0, 0.05) is 0 Å². The zero-order valence-electron chi connectivity index (χ0n) is 7.57. The van der Waals surface area contributed by atoms with E-state index in [0.29, 0.717) is 18.1 Å². The van der Waals surface area contributed by atoms with E-state index in [1.54, 1.807) is 17.9 Å². The van der Waals surface area contributed by atoms with Gasteiger partial charge in [-0.3, -0.25) is 0 Å². The molecule has 0 spiro atoms. The molecular formula is C6H9N7O. The van der Waals surface area contributed by atoms with Crippen molar-refractivity contribution in [3.8, 4) is 0 Å². The Morgan fingerprint density at radius 3 is 2.79 bits per heavy atom. The minimum atomic E-state index is -0.117. The van der Waals surface area contributed by atoms with Crippen molar-refractivity contribution in [3.05, 3.63) is 17.7 Å². The van der Waals surface area contributed by atoms with Gasteiger partial charge >= 0.3 is 0 Å². The molecule has 0 saturated heterocycles. The molecule has 1 N–H and O–H groups in total. The highest BCUT2D eigenvalue weighted by molar-refractivity contribution is 4.91. The number of aryl methyl sites for hydroxylation is 1. The van der Waals surface area contributed by atoms with Crippen molar-refractivity contribution in [2.24, 2.45) is 7.05 Å². The van der Waals surface area contributed by atoms with Crippen LogP contribution in [0.3, 0.4) is 0 Å². The van der Waals surface area contributed by atoms with Crippen LogP contribution in [0.2, 0.25) is 0 Å². The molecular weight excluding hydrogens is 186 g/mol. The van der Waals surface area contributed by atoms with Crippen molar-refractivity contribution in [1.82, 2.24) is 35.2 Å². The molecule has 0 aromatic carbocycles. The van der Waals surface area contributed by atoms with Gasteiger partial charge in [-0.2, -0.15) is 4.80 Å². The summed E-state index contributed by atoms with van der Waals surface area (Å²) in [7, 11) is 1.69.